The molecule has 0 fully saturated rings. The van der Waals surface area contributed by atoms with E-state index in [1.807, 2.05) is 30.3 Å². The summed E-state index contributed by atoms with van der Waals surface area (Å²) in [4.78, 5) is 30.6. The van der Waals surface area contributed by atoms with Crippen molar-refractivity contribution in [2.45, 2.75) is 25.6 Å². The summed E-state index contributed by atoms with van der Waals surface area (Å²) in [5, 5.41) is 4.20. The SMILES string of the molecule is CC(C)CCN(CC(=O)Nc1nccs1)C(=O)C(Cl)c1ccccc1. The van der Waals surface area contributed by atoms with Gasteiger partial charge in [0.05, 0.1) is 6.54 Å². The highest BCUT2D eigenvalue weighted by Crippen LogP contribution is 2.23. The fraction of sp³-hybridized carbons (Fsp3) is 0.389. The van der Waals surface area contributed by atoms with Gasteiger partial charge >= 0.3 is 0 Å². The first-order valence-corrected chi connectivity index (χ1v) is 9.46. The minimum absolute atomic E-state index is 0.0405. The quantitative estimate of drug-likeness (QED) is 0.706. The van der Waals surface area contributed by atoms with E-state index < -0.39 is 5.38 Å². The van der Waals surface area contributed by atoms with E-state index in [0.717, 1.165) is 12.0 Å². The molecule has 1 aromatic heterocycles. The zero-order valence-electron chi connectivity index (χ0n) is 14.3. The number of hydrogen-bond acceptors (Lipinski definition) is 4. The first-order valence-electron chi connectivity index (χ1n) is 8.14. The summed E-state index contributed by atoms with van der Waals surface area (Å²) < 4.78 is 0. The van der Waals surface area contributed by atoms with Crippen molar-refractivity contribution in [3.8, 4) is 0 Å². The van der Waals surface area contributed by atoms with Crippen molar-refractivity contribution in [2.75, 3.05) is 18.4 Å². The van der Waals surface area contributed by atoms with Crippen LogP contribution in [0.3, 0.4) is 0 Å². The van der Waals surface area contributed by atoms with Gasteiger partial charge in [-0.2, -0.15) is 0 Å². The van der Waals surface area contributed by atoms with Crippen molar-refractivity contribution in [3.05, 3.63) is 47.5 Å². The number of hydrogen-bond donors (Lipinski definition) is 1. The van der Waals surface area contributed by atoms with Crippen LogP contribution < -0.4 is 5.32 Å². The van der Waals surface area contributed by atoms with E-state index in [-0.39, 0.29) is 18.4 Å². The second-order valence-electron chi connectivity index (χ2n) is 6.10. The molecule has 0 radical (unpaired) electrons. The van der Waals surface area contributed by atoms with E-state index in [0.29, 0.717) is 17.6 Å². The number of halogens is 1. The molecule has 0 spiro atoms. The zero-order valence-corrected chi connectivity index (χ0v) is 15.9. The molecule has 1 N–H and O–H groups in total. The Kier molecular flexibility index (Phi) is 7.40. The number of rotatable bonds is 8. The van der Waals surface area contributed by atoms with Gasteiger partial charge in [-0.15, -0.1) is 22.9 Å². The highest BCUT2D eigenvalue weighted by molar-refractivity contribution is 7.13. The van der Waals surface area contributed by atoms with Crippen LogP contribution in [0.1, 0.15) is 31.2 Å². The molecule has 2 amide bonds. The fourth-order valence-electron chi connectivity index (χ4n) is 2.22. The molecule has 0 aliphatic rings. The van der Waals surface area contributed by atoms with Crippen molar-refractivity contribution < 1.29 is 9.59 Å². The van der Waals surface area contributed by atoms with Crippen LogP contribution in [-0.4, -0.2) is 34.8 Å². The molecule has 2 rings (SSSR count). The van der Waals surface area contributed by atoms with Crippen molar-refractivity contribution in [2.24, 2.45) is 5.92 Å². The Hall–Kier alpha value is -1.92. The minimum Gasteiger partial charge on any atom is -0.332 e. The Morgan fingerprint density at radius 2 is 2.00 bits per heavy atom. The van der Waals surface area contributed by atoms with E-state index in [9.17, 15) is 9.59 Å². The molecule has 5 nitrogen and oxygen atoms in total. The predicted molar refractivity (Wildman–Crippen MR) is 102 cm³/mol. The third-order valence-electron chi connectivity index (χ3n) is 3.61. The number of carbonyl (C=O) groups is 2. The normalized spacial score (nSPS) is 12.0. The summed E-state index contributed by atoms with van der Waals surface area (Å²) in [6.45, 7) is 4.60. The number of amides is 2. The molecule has 0 bridgehead atoms. The highest BCUT2D eigenvalue weighted by atomic mass is 35.5. The Balaban J connectivity index is 2.05. The van der Waals surface area contributed by atoms with Gasteiger partial charge in [0.15, 0.2) is 5.13 Å². The van der Waals surface area contributed by atoms with Gasteiger partial charge < -0.3 is 10.2 Å². The second kappa shape index (κ2) is 9.53. The van der Waals surface area contributed by atoms with Crippen LogP contribution in [0, 0.1) is 5.92 Å². The van der Waals surface area contributed by atoms with Gasteiger partial charge in [-0.05, 0) is 17.9 Å². The van der Waals surface area contributed by atoms with Gasteiger partial charge in [-0.3, -0.25) is 9.59 Å². The molecule has 1 heterocycles. The highest BCUT2D eigenvalue weighted by Gasteiger charge is 2.25. The van der Waals surface area contributed by atoms with E-state index in [1.165, 1.54) is 16.2 Å². The van der Waals surface area contributed by atoms with Crippen LogP contribution in [0.25, 0.3) is 0 Å². The monoisotopic (exact) mass is 379 g/mol. The van der Waals surface area contributed by atoms with E-state index in [1.54, 1.807) is 11.6 Å². The number of carbonyl (C=O) groups excluding carboxylic acids is 2. The summed E-state index contributed by atoms with van der Waals surface area (Å²) in [6.07, 6.45) is 2.42. The number of alkyl halides is 1. The molecule has 1 aromatic carbocycles. The van der Waals surface area contributed by atoms with E-state index >= 15 is 0 Å². The number of thiazole rings is 1. The van der Waals surface area contributed by atoms with Gasteiger partial charge in [-0.1, -0.05) is 44.2 Å². The molecule has 0 saturated heterocycles. The molecule has 0 aliphatic heterocycles. The van der Waals surface area contributed by atoms with Crippen LogP contribution >= 0.6 is 22.9 Å². The maximum Gasteiger partial charge on any atom is 0.245 e. The number of aromatic nitrogens is 1. The third-order valence-corrected chi connectivity index (χ3v) is 4.74. The molecule has 1 unspecified atom stereocenters. The Morgan fingerprint density at radius 3 is 2.60 bits per heavy atom. The summed E-state index contributed by atoms with van der Waals surface area (Å²) in [5.41, 5.74) is 0.726. The topological polar surface area (TPSA) is 62.3 Å². The van der Waals surface area contributed by atoms with Crippen LogP contribution in [0.15, 0.2) is 41.9 Å². The fourth-order valence-corrected chi connectivity index (χ4v) is 3.05. The Labute approximate surface area is 157 Å². The summed E-state index contributed by atoms with van der Waals surface area (Å²) in [6, 6.07) is 9.17. The van der Waals surface area contributed by atoms with Crippen molar-refractivity contribution in [1.82, 2.24) is 9.88 Å². The van der Waals surface area contributed by atoms with E-state index in [2.05, 4.69) is 24.1 Å². The lowest BCUT2D eigenvalue weighted by Crippen LogP contribution is -2.40. The van der Waals surface area contributed by atoms with Gasteiger partial charge in [0, 0.05) is 18.1 Å². The van der Waals surface area contributed by atoms with Crippen LogP contribution in [0.5, 0.6) is 0 Å². The molecule has 2 aromatic rings. The lowest BCUT2D eigenvalue weighted by atomic mass is 10.1. The predicted octanol–water partition coefficient (Wildman–Crippen LogP) is 3.94. The first kappa shape index (κ1) is 19.4. The van der Waals surface area contributed by atoms with Gasteiger partial charge in [0.2, 0.25) is 11.8 Å². The molecule has 0 aliphatic carbocycles. The van der Waals surface area contributed by atoms with Gasteiger partial charge in [-0.25, -0.2) is 4.98 Å². The smallest absolute Gasteiger partial charge is 0.245 e. The number of nitrogens with zero attached hydrogens (tertiary/aromatic N) is 2. The lowest BCUT2D eigenvalue weighted by Gasteiger charge is -2.25. The van der Waals surface area contributed by atoms with Crippen molar-refractivity contribution >= 4 is 39.9 Å². The van der Waals surface area contributed by atoms with Crippen LogP contribution in [0.4, 0.5) is 5.13 Å². The molecule has 7 heteroatoms. The van der Waals surface area contributed by atoms with Crippen LogP contribution in [0.2, 0.25) is 0 Å². The molecular formula is C18H22ClN3O2S. The minimum atomic E-state index is -0.805. The summed E-state index contributed by atoms with van der Waals surface area (Å²) >= 11 is 7.70. The molecule has 25 heavy (non-hydrogen) atoms. The van der Waals surface area contributed by atoms with Gasteiger partial charge in [0.1, 0.15) is 5.38 Å². The second-order valence-corrected chi connectivity index (χ2v) is 7.43. The molecular weight excluding hydrogens is 358 g/mol. The zero-order chi connectivity index (χ0) is 18.2. The maximum absolute atomic E-state index is 12.8. The molecule has 134 valence electrons. The lowest BCUT2D eigenvalue weighted by molar-refractivity contribution is -0.134. The standard InChI is InChI=1S/C18H22ClN3O2S/c1-13(2)8-10-22(12-15(23)21-18-20-9-11-25-18)17(24)16(19)14-6-4-3-5-7-14/h3-7,9,11,13,16H,8,10,12H2,1-2H3,(H,20,21,23). The van der Waals surface area contributed by atoms with Crippen molar-refractivity contribution in [1.29, 1.82) is 0 Å². The molecule has 1 atom stereocenters. The van der Waals surface area contributed by atoms with Crippen LogP contribution in [-0.2, 0) is 9.59 Å². The summed E-state index contributed by atoms with van der Waals surface area (Å²) in [7, 11) is 0. The van der Waals surface area contributed by atoms with Crippen molar-refractivity contribution in [3.63, 3.8) is 0 Å². The first-order chi connectivity index (χ1) is 12.0. The summed E-state index contributed by atoms with van der Waals surface area (Å²) in [5.74, 6) is -0.116. The Bertz CT molecular complexity index is 677. The number of benzene rings is 1. The number of anilines is 1. The number of nitrogens with one attached hydrogen (secondary N) is 1. The maximum atomic E-state index is 12.8. The van der Waals surface area contributed by atoms with E-state index in [4.69, 9.17) is 11.6 Å². The Morgan fingerprint density at radius 1 is 1.28 bits per heavy atom. The van der Waals surface area contributed by atoms with Gasteiger partial charge in [0.25, 0.3) is 0 Å². The molecule has 0 saturated carbocycles. The average Bonchev–Trinajstić information content (AvgIpc) is 3.10. The largest absolute Gasteiger partial charge is 0.332 e. The third kappa shape index (κ3) is 6.14. The average molecular weight is 380 g/mol.